The molecule has 0 spiro atoms. The molecule has 0 bridgehead atoms. The van der Waals surface area contributed by atoms with Gasteiger partial charge in [-0.1, -0.05) is 29.9 Å². The Kier molecular flexibility index (Phi) is 2.98. The van der Waals surface area contributed by atoms with Crippen LogP contribution >= 0.6 is 22.9 Å². The number of hydrogen-bond donors (Lipinski definition) is 0. The molecule has 1 fully saturated rings. The molecule has 1 aromatic rings. The average Bonchev–Trinajstić information content (AvgIpc) is 2.75. The van der Waals surface area contributed by atoms with E-state index in [1.807, 2.05) is 7.05 Å². The lowest BCUT2D eigenvalue weighted by Crippen LogP contribution is -2.20. The van der Waals surface area contributed by atoms with Crippen LogP contribution in [-0.4, -0.2) is 24.9 Å². The van der Waals surface area contributed by atoms with Crippen molar-refractivity contribution in [1.29, 1.82) is 0 Å². The van der Waals surface area contributed by atoms with Gasteiger partial charge in [-0.15, -0.1) is 0 Å². The zero-order valence-corrected chi connectivity index (χ0v) is 10.3. The van der Waals surface area contributed by atoms with Gasteiger partial charge in [0, 0.05) is 13.6 Å². The summed E-state index contributed by atoms with van der Waals surface area (Å²) in [5, 5.41) is 1.15. The Bertz CT molecular complexity index is 379. The van der Waals surface area contributed by atoms with Crippen LogP contribution < -0.4 is 4.90 Å². The average molecular weight is 245 g/mol. The summed E-state index contributed by atoms with van der Waals surface area (Å²) in [5.74, 6) is 1.60. The minimum absolute atomic E-state index is 0.320. The maximum absolute atomic E-state index is 10.6. The summed E-state index contributed by atoms with van der Waals surface area (Å²) in [6, 6.07) is 0. The standard InChI is InChI=1S/C10H13ClN2OS/c1-6-3-7(6)4-13(2)10-12-9(11)8(5-14)15-10/h5-7H,3-4H2,1-2H3. The SMILES string of the molecule is CC1CC1CN(C)c1nc(Cl)c(C=O)s1. The second-order valence-electron chi connectivity index (χ2n) is 4.12. The molecular formula is C10H13ClN2OS. The number of anilines is 1. The van der Waals surface area contributed by atoms with Gasteiger partial charge < -0.3 is 4.90 Å². The van der Waals surface area contributed by atoms with Crippen molar-refractivity contribution in [1.82, 2.24) is 4.98 Å². The fraction of sp³-hybridized carbons (Fsp3) is 0.600. The molecule has 1 aliphatic carbocycles. The molecular weight excluding hydrogens is 232 g/mol. The Morgan fingerprint density at radius 1 is 1.73 bits per heavy atom. The number of rotatable bonds is 4. The highest BCUT2D eigenvalue weighted by Crippen LogP contribution is 2.39. The van der Waals surface area contributed by atoms with Crippen LogP contribution in [-0.2, 0) is 0 Å². The monoisotopic (exact) mass is 244 g/mol. The summed E-state index contributed by atoms with van der Waals surface area (Å²) < 4.78 is 0. The Morgan fingerprint density at radius 2 is 2.40 bits per heavy atom. The largest absolute Gasteiger partial charge is 0.351 e. The smallest absolute Gasteiger partial charge is 0.187 e. The van der Waals surface area contributed by atoms with Crippen LogP contribution in [0.5, 0.6) is 0 Å². The number of nitrogens with zero attached hydrogens (tertiary/aromatic N) is 2. The number of carbonyl (C=O) groups excluding carboxylic acids is 1. The molecule has 0 radical (unpaired) electrons. The van der Waals surface area contributed by atoms with Crippen molar-refractivity contribution >= 4 is 34.4 Å². The van der Waals surface area contributed by atoms with Crippen molar-refractivity contribution in [2.45, 2.75) is 13.3 Å². The number of thiazole rings is 1. The van der Waals surface area contributed by atoms with E-state index in [-0.39, 0.29) is 0 Å². The van der Waals surface area contributed by atoms with Gasteiger partial charge in [0.05, 0.1) is 0 Å². The van der Waals surface area contributed by atoms with E-state index in [0.717, 1.165) is 29.8 Å². The fourth-order valence-electron chi connectivity index (χ4n) is 1.62. The Balaban J connectivity index is 2.04. The molecule has 1 saturated carbocycles. The van der Waals surface area contributed by atoms with E-state index in [0.29, 0.717) is 10.0 Å². The number of carbonyl (C=O) groups is 1. The summed E-state index contributed by atoms with van der Waals surface area (Å²) in [6.45, 7) is 3.26. The van der Waals surface area contributed by atoms with Crippen molar-refractivity contribution in [3.05, 3.63) is 10.0 Å². The zero-order chi connectivity index (χ0) is 11.0. The molecule has 15 heavy (non-hydrogen) atoms. The summed E-state index contributed by atoms with van der Waals surface area (Å²) in [7, 11) is 1.99. The topological polar surface area (TPSA) is 33.2 Å². The Labute approximate surface area is 98.1 Å². The van der Waals surface area contributed by atoms with Gasteiger partial charge in [-0.2, -0.15) is 0 Å². The number of halogens is 1. The summed E-state index contributed by atoms with van der Waals surface area (Å²) >= 11 is 7.16. The highest BCUT2D eigenvalue weighted by atomic mass is 35.5. The minimum atomic E-state index is 0.320. The van der Waals surface area contributed by atoms with Gasteiger partial charge in [0.25, 0.3) is 0 Å². The maximum atomic E-state index is 10.6. The van der Waals surface area contributed by atoms with Gasteiger partial charge in [-0.3, -0.25) is 4.79 Å². The van der Waals surface area contributed by atoms with E-state index < -0.39 is 0 Å². The molecule has 0 N–H and O–H groups in total. The third kappa shape index (κ3) is 2.32. The van der Waals surface area contributed by atoms with Gasteiger partial charge in [0.2, 0.25) is 0 Å². The predicted octanol–water partition coefficient (Wildman–Crippen LogP) is 2.70. The molecule has 5 heteroatoms. The lowest BCUT2D eigenvalue weighted by molar-refractivity contribution is 0.112. The predicted molar refractivity (Wildman–Crippen MR) is 63.1 cm³/mol. The van der Waals surface area contributed by atoms with Gasteiger partial charge in [0.15, 0.2) is 16.6 Å². The van der Waals surface area contributed by atoms with Gasteiger partial charge in [0.1, 0.15) is 4.88 Å². The van der Waals surface area contributed by atoms with Gasteiger partial charge in [-0.05, 0) is 18.3 Å². The van der Waals surface area contributed by atoms with Crippen molar-refractivity contribution in [2.24, 2.45) is 11.8 Å². The van der Waals surface area contributed by atoms with Crippen LogP contribution in [0.15, 0.2) is 0 Å². The van der Waals surface area contributed by atoms with Crippen LogP contribution in [0.3, 0.4) is 0 Å². The highest BCUT2D eigenvalue weighted by molar-refractivity contribution is 7.17. The summed E-state index contributed by atoms with van der Waals surface area (Å²) in [5.41, 5.74) is 0. The van der Waals surface area contributed by atoms with Crippen LogP contribution in [0.2, 0.25) is 5.15 Å². The molecule has 1 aromatic heterocycles. The number of aldehydes is 1. The molecule has 0 aliphatic heterocycles. The zero-order valence-electron chi connectivity index (χ0n) is 8.74. The van der Waals surface area contributed by atoms with Crippen LogP contribution in [0.1, 0.15) is 23.0 Å². The fourth-order valence-corrected chi connectivity index (χ4v) is 2.65. The van der Waals surface area contributed by atoms with Crippen molar-refractivity contribution in [3.63, 3.8) is 0 Å². The molecule has 0 saturated heterocycles. The molecule has 0 amide bonds. The lowest BCUT2D eigenvalue weighted by atomic mass is 10.3. The molecule has 82 valence electrons. The normalized spacial score (nSPS) is 23.9. The first-order valence-corrected chi connectivity index (χ1v) is 6.14. The van der Waals surface area contributed by atoms with E-state index in [1.54, 1.807) is 0 Å². The van der Waals surface area contributed by atoms with E-state index in [9.17, 15) is 4.79 Å². The highest BCUT2D eigenvalue weighted by Gasteiger charge is 2.33. The van der Waals surface area contributed by atoms with E-state index in [4.69, 9.17) is 11.6 Å². The molecule has 0 aromatic carbocycles. The lowest BCUT2D eigenvalue weighted by Gasteiger charge is -2.14. The quantitative estimate of drug-likeness (QED) is 0.764. The molecule has 1 heterocycles. The first kappa shape index (κ1) is 10.9. The van der Waals surface area contributed by atoms with Crippen molar-refractivity contribution < 1.29 is 4.79 Å². The summed E-state index contributed by atoms with van der Waals surface area (Å²) in [4.78, 5) is 17.4. The third-order valence-electron chi connectivity index (χ3n) is 2.82. The second-order valence-corrected chi connectivity index (χ2v) is 5.49. The van der Waals surface area contributed by atoms with Crippen molar-refractivity contribution in [2.75, 3.05) is 18.5 Å². The van der Waals surface area contributed by atoms with Crippen LogP contribution in [0.25, 0.3) is 0 Å². The molecule has 3 nitrogen and oxygen atoms in total. The molecule has 1 aliphatic rings. The van der Waals surface area contributed by atoms with Gasteiger partial charge in [-0.25, -0.2) is 4.98 Å². The number of aromatic nitrogens is 1. The molecule has 2 unspecified atom stereocenters. The molecule has 2 rings (SSSR count). The molecule has 2 atom stereocenters. The maximum Gasteiger partial charge on any atom is 0.187 e. The van der Waals surface area contributed by atoms with Crippen molar-refractivity contribution in [3.8, 4) is 0 Å². The number of hydrogen-bond acceptors (Lipinski definition) is 4. The van der Waals surface area contributed by atoms with E-state index in [1.165, 1.54) is 17.8 Å². The third-order valence-corrected chi connectivity index (χ3v) is 4.31. The van der Waals surface area contributed by atoms with E-state index >= 15 is 0 Å². The van der Waals surface area contributed by atoms with E-state index in [2.05, 4.69) is 16.8 Å². The van der Waals surface area contributed by atoms with Gasteiger partial charge >= 0.3 is 0 Å². The second kappa shape index (κ2) is 4.10. The first-order chi connectivity index (χ1) is 7.11. The van der Waals surface area contributed by atoms with Crippen LogP contribution in [0.4, 0.5) is 5.13 Å². The van der Waals surface area contributed by atoms with Crippen LogP contribution in [0, 0.1) is 11.8 Å². The Hall–Kier alpha value is -0.610. The first-order valence-electron chi connectivity index (χ1n) is 4.94. The Morgan fingerprint density at radius 3 is 2.87 bits per heavy atom. The summed E-state index contributed by atoms with van der Waals surface area (Å²) in [6.07, 6.45) is 2.06. The minimum Gasteiger partial charge on any atom is -0.351 e.